The van der Waals surface area contributed by atoms with Gasteiger partial charge >= 0.3 is 0 Å². The zero-order valence-electron chi connectivity index (χ0n) is 34.2. The summed E-state index contributed by atoms with van der Waals surface area (Å²) in [7, 11) is 2.34. The van der Waals surface area contributed by atoms with Crippen LogP contribution < -0.4 is 8.97 Å². The van der Waals surface area contributed by atoms with Gasteiger partial charge < -0.3 is 13.5 Å². The molecule has 5 heteroatoms. The van der Waals surface area contributed by atoms with Gasteiger partial charge in [0, 0.05) is 56.0 Å². The Labute approximate surface area is 356 Å². The maximum atomic E-state index is 5.01. The topological polar surface area (TPSA) is 17.8 Å². The van der Waals surface area contributed by atoms with E-state index in [-0.39, 0.29) is 31.9 Å². The molecule has 0 amide bonds. The van der Waals surface area contributed by atoms with Crippen LogP contribution in [-0.4, -0.2) is 23.3 Å². The van der Waals surface area contributed by atoms with Crippen molar-refractivity contribution < 1.29 is 21.1 Å². The molecule has 2 atom stereocenters. The summed E-state index contributed by atoms with van der Waals surface area (Å²) in [6.45, 7) is 17.2. The summed E-state index contributed by atoms with van der Waals surface area (Å²) in [4.78, 5) is 5.01. The minimum absolute atomic E-state index is 0. The molecule has 290 valence electrons. The van der Waals surface area contributed by atoms with Gasteiger partial charge in [-0.3, -0.25) is 0 Å². The molecule has 0 radical (unpaired) electrons. The molecule has 4 aliphatic rings. The van der Waals surface area contributed by atoms with Crippen molar-refractivity contribution >= 4 is 38.9 Å². The molecule has 0 unspecified atom stereocenters. The minimum Gasteiger partial charge on any atom is -0.325 e. The Kier molecular flexibility index (Phi) is 7.98. The maximum Gasteiger partial charge on any atom is 0.179 e. The number of fused-ring (bicyclic) bond motifs is 6. The third-order valence-electron chi connectivity index (χ3n) is 13.2. The monoisotopic (exact) mass is 934 g/mol. The first-order valence-corrected chi connectivity index (χ1v) is 20.2. The third kappa shape index (κ3) is 4.95. The molecule has 1 aliphatic carbocycles. The smallest absolute Gasteiger partial charge is 0.179 e. The van der Waals surface area contributed by atoms with Crippen LogP contribution in [0.4, 0.5) is 17.1 Å². The number of nitrogens with zero attached hydrogens (tertiary/aromatic N) is 4. The van der Waals surface area contributed by atoms with E-state index in [2.05, 4.69) is 205 Å². The number of rotatable bonds is 4. The second-order valence-corrected chi connectivity index (χ2v) is 18.8. The van der Waals surface area contributed by atoms with Gasteiger partial charge in [0.25, 0.3) is 0 Å². The second kappa shape index (κ2) is 12.4. The number of hydrogen-bond acceptors (Lipinski definition) is 1. The summed E-state index contributed by atoms with van der Waals surface area (Å²) in [5.74, 6) is 0.907. The van der Waals surface area contributed by atoms with Crippen molar-refractivity contribution in [2.75, 3.05) is 13.7 Å². The molecule has 8 aromatic rings. The van der Waals surface area contributed by atoms with Crippen molar-refractivity contribution in [2.45, 2.75) is 57.8 Å². The molecule has 1 saturated heterocycles. The van der Waals surface area contributed by atoms with Crippen LogP contribution in [0.5, 0.6) is 0 Å². The van der Waals surface area contributed by atoms with Crippen molar-refractivity contribution in [3.8, 4) is 16.9 Å². The van der Waals surface area contributed by atoms with Gasteiger partial charge in [0.2, 0.25) is 0 Å². The molecule has 6 aromatic carbocycles. The van der Waals surface area contributed by atoms with Crippen LogP contribution in [0.1, 0.15) is 74.9 Å². The summed E-state index contributed by atoms with van der Waals surface area (Å²) in [5, 5.41) is 2.36. The van der Waals surface area contributed by atoms with Crippen LogP contribution >= 0.6 is 0 Å². The average Bonchev–Trinajstić information content (AvgIpc) is 3.86. The number of quaternary nitrogens is 2. The van der Waals surface area contributed by atoms with Crippen molar-refractivity contribution in [3.63, 3.8) is 0 Å². The quantitative estimate of drug-likeness (QED) is 0.127. The summed E-state index contributed by atoms with van der Waals surface area (Å²) in [5.41, 5.74) is 15.3. The van der Waals surface area contributed by atoms with Crippen LogP contribution in [0.3, 0.4) is 0 Å². The predicted molar refractivity (Wildman–Crippen MR) is 236 cm³/mol. The van der Waals surface area contributed by atoms with Gasteiger partial charge in [-0.15, -0.1) is 28.6 Å². The molecule has 12 rings (SSSR count). The first kappa shape index (κ1) is 37.2. The Morgan fingerprint density at radius 1 is 0.638 bits per heavy atom. The van der Waals surface area contributed by atoms with Gasteiger partial charge in [-0.2, -0.15) is 30.3 Å². The molecule has 58 heavy (non-hydrogen) atoms. The maximum absolute atomic E-state index is 5.01. The van der Waals surface area contributed by atoms with Gasteiger partial charge in [0.1, 0.15) is 5.82 Å². The van der Waals surface area contributed by atoms with E-state index in [4.69, 9.17) is 4.98 Å². The molecule has 3 aliphatic heterocycles. The van der Waals surface area contributed by atoms with E-state index in [9.17, 15) is 0 Å². The van der Waals surface area contributed by atoms with Gasteiger partial charge in [0.15, 0.2) is 18.0 Å². The number of hydrogen-bond donors (Lipinski definition) is 0. The number of pyridine rings is 1. The summed E-state index contributed by atoms with van der Waals surface area (Å²) < 4.78 is 3.84. The molecule has 1 fully saturated rings. The first-order chi connectivity index (χ1) is 27.3. The fraction of sp³-hybridized carbons (Fsp3) is 0.208. The molecular weight excluding hydrogens is 888 g/mol. The minimum atomic E-state index is -0.670. The van der Waals surface area contributed by atoms with Crippen molar-refractivity contribution in [3.05, 3.63) is 192 Å². The Hall–Kier alpha value is -5.12. The Bertz CT molecular complexity index is 2920. The SMILES string of the molecule is CC(C)(C)c1ccnc(-n2c3[c-]c(C4(c5[c-]c([N@@+]67[CH-][N@@+](C)(C6)c6ccc(C(C)(C)C)cc67)ccc5)c5ccccc5-c5ccccc54)ccc3c3ccccc32)c1.[Pt]. The normalized spacial score (nSPS) is 20.0. The Morgan fingerprint density at radius 3 is 1.98 bits per heavy atom. The average molecular weight is 935 g/mol. The largest absolute Gasteiger partial charge is 0.325 e. The van der Waals surface area contributed by atoms with Crippen molar-refractivity contribution in [1.82, 2.24) is 18.5 Å². The molecule has 0 N–H and O–H groups in total. The van der Waals surface area contributed by atoms with Crippen LogP contribution in [0.15, 0.2) is 140 Å². The molecule has 2 bridgehead atoms. The van der Waals surface area contributed by atoms with E-state index in [1.54, 1.807) is 0 Å². The van der Waals surface area contributed by atoms with Gasteiger partial charge in [-0.05, 0) is 67.8 Å². The van der Waals surface area contributed by atoms with Crippen LogP contribution in [-0.2, 0) is 37.3 Å². The Morgan fingerprint density at radius 2 is 1.28 bits per heavy atom. The Balaban J connectivity index is 0.00000408. The van der Waals surface area contributed by atoms with Gasteiger partial charge in [0.05, 0.1) is 13.7 Å². The standard InChI is InChI=1S/C53H47N4.Pt/c1-51(2,3)35-24-26-48-49(31-35)57(33-56(48,7)34-57)39-16-14-15-37(29-39)53(44-20-11-8-17-40(44)41-18-9-12-21-45(41)53)38-23-25-43-42-19-10-13-22-46(42)55(47(43)30-38)50-32-36(27-28-54-50)52(4,5)6;/h8-28,31-33H,34H2,1-7H3;/q-1;/t56-,57+;/m0./s1. The van der Waals surface area contributed by atoms with E-state index in [0.717, 1.165) is 39.1 Å². The fourth-order valence-electron chi connectivity index (χ4n) is 10.4. The van der Waals surface area contributed by atoms with Gasteiger partial charge in [-0.25, -0.2) is 4.98 Å². The van der Waals surface area contributed by atoms with E-state index in [1.807, 2.05) is 6.20 Å². The van der Waals surface area contributed by atoms with E-state index < -0.39 is 5.41 Å². The number of aromatic nitrogens is 2. The first-order valence-electron chi connectivity index (χ1n) is 20.2. The van der Waals surface area contributed by atoms with E-state index in [1.165, 1.54) is 61.2 Å². The zero-order chi connectivity index (χ0) is 39.1. The van der Waals surface area contributed by atoms with Crippen LogP contribution in [0, 0.1) is 18.8 Å². The zero-order valence-corrected chi connectivity index (χ0v) is 36.4. The molecular formula is C53H47N4Pt-. The number of benzene rings is 6. The van der Waals surface area contributed by atoms with Crippen LogP contribution in [0.25, 0.3) is 38.8 Å². The molecule has 0 spiro atoms. The number of para-hydroxylation sites is 1. The predicted octanol–water partition coefficient (Wildman–Crippen LogP) is 12.4. The molecule has 4 nitrogen and oxygen atoms in total. The van der Waals surface area contributed by atoms with Crippen molar-refractivity contribution in [1.29, 1.82) is 0 Å². The molecule has 2 aromatic heterocycles. The van der Waals surface area contributed by atoms with E-state index >= 15 is 0 Å². The van der Waals surface area contributed by atoms with E-state index in [0.29, 0.717) is 4.48 Å². The van der Waals surface area contributed by atoms with Crippen molar-refractivity contribution in [2.24, 2.45) is 0 Å². The molecule has 0 saturated carbocycles. The summed E-state index contributed by atoms with van der Waals surface area (Å²) >= 11 is 0. The third-order valence-corrected chi connectivity index (χ3v) is 13.2. The summed E-state index contributed by atoms with van der Waals surface area (Å²) in [6.07, 6.45) is 1.95. The fourth-order valence-corrected chi connectivity index (χ4v) is 10.4. The second-order valence-electron chi connectivity index (χ2n) is 18.8. The molecule has 5 heterocycles. The summed E-state index contributed by atoms with van der Waals surface area (Å²) in [6, 6.07) is 58.0. The van der Waals surface area contributed by atoms with Crippen LogP contribution in [0.2, 0.25) is 0 Å². The van der Waals surface area contributed by atoms with Gasteiger partial charge in [-0.1, -0.05) is 120 Å².